The second-order valence-corrected chi connectivity index (χ2v) is 7.74. The van der Waals surface area contributed by atoms with Crippen molar-refractivity contribution in [1.29, 1.82) is 0 Å². The summed E-state index contributed by atoms with van der Waals surface area (Å²) in [6.45, 7) is 3.65. The minimum absolute atomic E-state index is 0.171. The molecule has 154 valence electrons. The van der Waals surface area contributed by atoms with Crippen molar-refractivity contribution < 1.29 is 14.5 Å². The molecule has 1 aromatic heterocycles. The van der Waals surface area contributed by atoms with Gasteiger partial charge in [-0.3, -0.25) is 4.79 Å². The predicted molar refractivity (Wildman–Crippen MR) is 113 cm³/mol. The summed E-state index contributed by atoms with van der Waals surface area (Å²) >= 11 is 0. The molecule has 0 saturated carbocycles. The van der Waals surface area contributed by atoms with Crippen LogP contribution < -0.4 is 4.57 Å². The first kappa shape index (κ1) is 22.2. The van der Waals surface area contributed by atoms with Gasteiger partial charge in [-0.25, -0.2) is 9.13 Å². The standard InChI is InChI=1S/C24H36N2O2/c1-2-3-4-5-6-7-8-9-13-16-23-25(18-17-24(27)28)19-20-26(23)21-22-14-11-10-12-15-22/h10-12,14-15,19-20H,2-9,13,16-18,21H2,1H3/p+1. The number of aryl methyl sites for hydroxylation is 1. The van der Waals surface area contributed by atoms with E-state index in [0.29, 0.717) is 6.54 Å². The lowest BCUT2D eigenvalue weighted by molar-refractivity contribution is -0.695. The predicted octanol–water partition coefficient (Wildman–Crippen LogP) is 5.37. The van der Waals surface area contributed by atoms with Crippen molar-refractivity contribution in [3.8, 4) is 0 Å². The second kappa shape index (κ2) is 13.1. The maximum absolute atomic E-state index is 11.0. The van der Waals surface area contributed by atoms with Crippen LogP contribution in [0.25, 0.3) is 0 Å². The molecule has 2 aromatic rings. The molecule has 0 radical (unpaired) electrons. The monoisotopic (exact) mass is 385 g/mol. The summed E-state index contributed by atoms with van der Waals surface area (Å²) in [7, 11) is 0. The number of carbonyl (C=O) groups is 1. The van der Waals surface area contributed by atoms with Gasteiger partial charge in [0.05, 0.1) is 6.42 Å². The maximum atomic E-state index is 11.0. The highest BCUT2D eigenvalue weighted by Gasteiger charge is 2.17. The Kier molecular flexibility index (Phi) is 10.4. The number of hydrogen-bond acceptors (Lipinski definition) is 1. The molecule has 0 amide bonds. The van der Waals surface area contributed by atoms with Crippen molar-refractivity contribution in [3.63, 3.8) is 0 Å². The summed E-state index contributed by atoms with van der Waals surface area (Å²) in [6.07, 6.45) is 17.2. The van der Waals surface area contributed by atoms with Crippen LogP contribution in [0.2, 0.25) is 0 Å². The number of rotatable bonds is 15. The maximum Gasteiger partial charge on any atom is 0.307 e. The van der Waals surface area contributed by atoms with Crippen LogP contribution in [0.3, 0.4) is 0 Å². The first-order valence-electron chi connectivity index (χ1n) is 11.0. The van der Waals surface area contributed by atoms with Crippen molar-refractivity contribution >= 4 is 5.97 Å². The van der Waals surface area contributed by atoms with Crippen molar-refractivity contribution in [3.05, 3.63) is 54.1 Å². The number of carboxylic acids is 1. The molecule has 1 aromatic carbocycles. The lowest BCUT2D eigenvalue weighted by Gasteiger charge is -2.06. The highest BCUT2D eigenvalue weighted by molar-refractivity contribution is 5.66. The number of aromatic nitrogens is 2. The van der Waals surface area contributed by atoms with Gasteiger partial charge in [-0.15, -0.1) is 0 Å². The molecule has 0 bridgehead atoms. The van der Waals surface area contributed by atoms with Gasteiger partial charge in [0.1, 0.15) is 25.5 Å². The van der Waals surface area contributed by atoms with Crippen LogP contribution in [0.5, 0.6) is 0 Å². The third-order valence-electron chi connectivity index (χ3n) is 5.36. The molecule has 0 spiro atoms. The van der Waals surface area contributed by atoms with Crippen molar-refractivity contribution in [2.45, 2.75) is 90.6 Å². The number of carboxylic acid groups (broad SMARTS) is 1. The third-order valence-corrected chi connectivity index (χ3v) is 5.36. The number of benzene rings is 1. The van der Waals surface area contributed by atoms with Gasteiger partial charge in [0.25, 0.3) is 5.82 Å². The van der Waals surface area contributed by atoms with Gasteiger partial charge >= 0.3 is 5.97 Å². The Hall–Kier alpha value is -2.10. The molecule has 1 N–H and O–H groups in total. The second-order valence-electron chi connectivity index (χ2n) is 7.74. The van der Waals surface area contributed by atoms with Crippen LogP contribution in [-0.4, -0.2) is 15.6 Å². The van der Waals surface area contributed by atoms with Gasteiger partial charge in [0, 0.05) is 6.42 Å². The summed E-state index contributed by atoms with van der Waals surface area (Å²) in [6, 6.07) is 10.5. The number of hydrogen-bond donors (Lipinski definition) is 1. The quantitative estimate of drug-likeness (QED) is 0.331. The van der Waals surface area contributed by atoms with E-state index in [9.17, 15) is 4.79 Å². The third kappa shape index (κ3) is 8.28. The van der Waals surface area contributed by atoms with Crippen molar-refractivity contribution in [1.82, 2.24) is 4.57 Å². The Morgan fingerprint density at radius 2 is 1.61 bits per heavy atom. The zero-order chi connectivity index (χ0) is 20.0. The minimum atomic E-state index is -0.739. The van der Waals surface area contributed by atoms with Crippen LogP contribution in [0.1, 0.15) is 82.5 Å². The van der Waals surface area contributed by atoms with E-state index in [1.54, 1.807) is 0 Å². The fraction of sp³-hybridized carbons (Fsp3) is 0.583. The first-order chi connectivity index (χ1) is 13.7. The molecule has 0 aliphatic carbocycles. The van der Waals surface area contributed by atoms with Gasteiger partial charge in [-0.1, -0.05) is 88.6 Å². The Labute approximate surface area is 170 Å². The zero-order valence-electron chi connectivity index (χ0n) is 17.5. The Bertz CT molecular complexity index is 679. The van der Waals surface area contributed by atoms with Gasteiger partial charge in [0.2, 0.25) is 0 Å². The molecule has 0 aliphatic heterocycles. The minimum Gasteiger partial charge on any atom is -0.481 e. The van der Waals surface area contributed by atoms with E-state index >= 15 is 0 Å². The van der Waals surface area contributed by atoms with Crippen molar-refractivity contribution in [2.24, 2.45) is 0 Å². The van der Waals surface area contributed by atoms with E-state index in [-0.39, 0.29) is 6.42 Å². The van der Waals surface area contributed by atoms with Crippen LogP contribution in [0.15, 0.2) is 42.7 Å². The molecule has 1 heterocycles. The molecule has 0 unspecified atom stereocenters. The topological polar surface area (TPSA) is 46.1 Å². The van der Waals surface area contributed by atoms with Crippen LogP contribution in [0.4, 0.5) is 0 Å². The molecule has 0 aliphatic rings. The number of unbranched alkanes of at least 4 members (excludes halogenated alkanes) is 8. The van der Waals surface area contributed by atoms with E-state index in [1.807, 2.05) is 12.3 Å². The average molecular weight is 386 g/mol. The Morgan fingerprint density at radius 1 is 0.964 bits per heavy atom. The van der Waals surface area contributed by atoms with Gasteiger partial charge < -0.3 is 5.11 Å². The number of aliphatic carboxylic acids is 1. The summed E-state index contributed by atoms with van der Waals surface area (Å²) in [4.78, 5) is 11.0. The van der Waals surface area contributed by atoms with E-state index in [1.165, 1.54) is 69.2 Å². The highest BCUT2D eigenvalue weighted by atomic mass is 16.4. The van der Waals surface area contributed by atoms with E-state index < -0.39 is 5.97 Å². The van der Waals surface area contributed by atoms with E-state index in [2.05, 4.69) is 46.5 Å². The van der Waals surface area contributed by atoms with Gasteiger partial charge in [0.15, 0.2) is 0 Å². The summed E-state index contributed by atoms with van der Waals surface area (Å²) < 4.78 is 4.41. The fourth-order valence-corrected chi connectivity index (χ4v) is 3.72. The normalized spacial score (nSPS) is 11.0. The Morgan fingerprint density at radius 3 is 2.25 bits per heavy atom. The molecule has 0 fully saturated rings. The lowest BCUT2D eigenvalue weighted by atomic mass is 10.1. The summed E-state index contributed by atoms with van der Waals surface area (Å²) in [5.41, 5.74) is 1.27. The fourth-order valence-electron chi connectivity index (χ4n) is 3.72. The smallest absolute Gasteiger partial charge is 0.307 e. The average Bonchev–Trinajstić information content (AvgIpc) is 3.07. The van der Waals surface area contributed by atoms with Crippen LogP contribution in [0, 0.1) is 0 Å². The molecular weight excluding hydrogens is 348 g/mol. The molecule has 4 heteroatoms. The molecule has 0 saturated heterocycles. The largest absolute Gasteiger partial charge is 0.481 e. The number of nitrogens with zero attached hydrogens (tertiary/aromatic N) is 2. The molecule has 2 rings (SSSR count). The number of imidazole rings is 1. The van der Waals surface area contributed by atoms with Crippen LogP contribution >= 0.6 is 0 Å². The summed E-state index contributed by atoms with van der Waals surface area (Å²) in [5.74, 6) is 0.505. The highest BCUT2D eigenvalue weighted by Crippen LogP contribution is 2.12. The zero-order valence-corrected chi connectivity index (χ0v) is 17.5. The summed E-state index contributed by atoms with van der Waals surface area (Å²) in [5, 5.41) is 9.04. The first-order valence-corrected chi connectivity index (χ1v) is 11.0. The van der Waals surface area contributed by atoms with E-state index in [0.717, 1.165) is 13.0 Å². The van der Waals surface area contributed by atoms with Crippen molar-refractivity contribution in [2.75, 3.05) is 0 Å². The van der Waals surface area contributed by atoms with Gasteiger partial charge in [-0.2, -0.15) is 0 Å². The molecule has 4 nitrogen and oxygen atoms in total. The van der Waals surface area contributed by atoms with Crippen LogP contribution in [-0.2, 0) is 24.3 Å². The molecule has 28 heavy (non-hydrogen) atoms. The Balaban J connectivity index is 1.84. The van der Waals surface area contributed by atoms with Gasteiger partial charge in [-0.05, 0) is 12.0 Å². The molecule has 0 atom stereocenters. The molecular formula is C24H37N2O2+. The SMILES string of the molecule is CCCCCCCCCCCc1n(CCC(=O)O)cc[n+]1Cc1ccccc1. The lowest BCUT2D eigenvalue weighted by Crippen LogP contribution is -2.38. The van der Waals surface area contributed by atoms with E-state index in [4.69, 9.17) is 5.11 Å².